The van der Waals surface area contributed by atoms with E-state index >= 15 is 0 Å². The van der Waals surface area contributed by atoms with Crippen LogP contribution in [0.5, 0.6) is 0 Å². The van der Waals surface area contributed by atoms with Gasteiger partial charge in [-0.05, 0) is 56.9 Å². The van der Waals surface area contributed by atoms with Crippen LogP contribution in [-0.4, -0.2) is 18.3 Å². The molecule has 3 nitrogen and oxygen atoms in total. The Hall–Kier alpha value is -3.47. The van der Waals surface area contributed by atoms with Gasteiger partial charge in [0.2, 0.25) is 0 Å². The molecule has 0 aliphatic rings. The molecule has 6 aromatic rings. The van der Waals surface area contributed by atoms with Crippen LogP contribution >= 0.6 is 0 Å². The molecule has 1 aromatic heterocycles. The van der Waals surface area contributed by atoms with Gasteiger partial charge >= 0.3 is 0 Å². The molecule has 6 rings (SSSR count). The van der Waals surface area contributed by atoms with E-state index in [0.29, 0.717) is 6.61 Å². The van der Waals surface area contributed by atoms with E-state index in [1.54, 1.807) is 7.11 Å². The molecular weight excluding hydrogens is 508 g/mol. The van der Waals surface area contributed by atoms with Crippen molar-refractivity contribution in [2.75, 3.05) is 13.7 Å². The van der Waals surface area contributed by atoms with Crippen LogP contribution in [0.15, 0.2) is 109 Å². The predicted octanol–water partition coefficient (Wildman–Crippen LogP) is 3.52. The van der Waals surface area contributed by atoms with Crippen molar-refractivity contribution >= 4 is 32.6 Å². The summed E-state index contributed by atoms with van der Waals surface area (Å²) in [6.45, 7) is 2.34. The molecule has 0 atom stereocenters. The Morgan fingerprint density at radius 3 is 1.94 bits per heavy atom. The van der Waals surface area contributed by atoms with Gasteiger partial charge in [0.15, 0.2) is 11.0 Å². The zero-order valence-electron chi connectivity index (χ0n) is 20.4. The van der Waals surface area contributed by atoms with E-state index in [2.05, 4.69) is 118 Å². The molecule has 180 valence electrons. The lowest BCUT2D eigenvalue weighted by atomic mass is 10.1. The molecule has 0 unspecified atom stereocenters. The van der Waals surface area contributed by atoms with Gasteiger partial charge in [0.25, 0.3) is 5.82 Å². The van der Waals surface area contributed by atoms with Gasteiger partial charge in [0, 0.05) is 7.11 Å². The fourth-order valence-electron chi connectivity index (χ4n) is 5.20. The standard InChI is InChI=1S/C32H29N2O.BrH/c1-35-19-18-32-33(22-24-14-16-26-8-2-4-10-28(26)20-24)30-12-6-7-13-31(30)34(32)23-25-15-17-27-9-3-5-11-29(27)21-25;/h2-17,20-21H,18-19,22-23H2,1H3;1H/q+1;/p-1. The van der Waals surface area contributed by atoms with E-state index in [0.717, 1.165) is 19.5 Å². The van der Waals surface area contributed by atoms with Crippen molar-refractivity contribution in [3.05, 3.63) is 126 Å². The van der Waals surface area contributed by atoms with Gasteiger partial charge in [-0.1, -0.05) is 84.9 Å². The highest BCUT2D eigenvalue weighted by Gasteiger charge is 2.25. The highest BCUT2D eigenvalue weighted by molar-refractivity contribution is 5.84. The predicted molar refractivity (Wildman–Crippen MR) is 144 cm³/mol. The first kappa shape index (κ1) is 24.2. The van der Waals surface area contributed by atoms with Crippen molar-refractivity contribution in [2.24, 2.45) is 0 Å². The van der Waals surface area contributed by atoms with Crippen LogP contribution in [-0.2, 0) is 24.2 Å². The van der Waals surface area contributed by atoms with Gasteiger partial charge in [0.1, 0.15) is 13.1 Å². The van der Waals surface area contributed by atoms with Gasteiger partial charge < -0.3 is 21.7 Å². The average molecular weight is 538 g/mol. The number of halogens is 1. The summed E-state index contributed by atoms with van der Waals surface area (Å²) in [4.78, 5) is 0. The molecule has 36 heavy (non-hydrogen) atoms. The lowest BCUT2D eigenvalue weighted by Gasteiger charge is -2.08. The number of para-hydroxylation sites is 2. The Balaban J connectivity index is 0.00000267. The molecule has 4 heteroatoms. The third kappa shape index (κ3) is 4.67. The number of aromatic nitrogens is 2. The molecule has 0 fully saturated rings. The van der Waals surface area contributed by atoms with E-state index in [9.17, 15) is 0 Å². The van der Waals surface area contributed by atoms with Crippen molar-refractivity contribution in [2.45, 2.75) is 19.5 Å². The van der Waals surface area contributed by atoms with Crippen LogP contribution in [0.1, 0.15) is 17.0 Å². The van der Waals surface area contributed by atoms with Crippen molar-refractivity contribution < 1.29 is 26.3 Å². The summed E-state index contributed by atoms with van der Waals surface area (Å²) in [6, 6.07) is 39.5. The van der Waals surface area contributed by atoms with E-state index in [-0.39, 0.29) is 17.0 Å². The van der Waals surface area contributed by atoms with Gasteiger partial charge in [-0.2, -0.15) is 0 Å². The van der Waals surface area contributed by atoms with E-state index in [1.807, 2.05) is 0 Å². The first-order valence-corrected chi connectivity index (χ1v) is 12.2. The molecule has 0 aliphatic heterocycles. The fraction of sp³-hybridized carbons (Fsp3) is 0.156. The topological polar surface area (TPSA) is 18.0 Å². The minimum atomic E-state index is 0. The zero-order chi connectivity index (χ0) is 23.6. The minimum absolute atomic E-state index is 0. The second kappa shape index (κ2) is 10.7. The third-order valence-electron chi connectivity index (χ3n) is 6.93. The quantitative estimate of drug-likeness (QED) is 0.285. The van der Waals surface area contributed by atoms with Crippen LogP contribution < -0.4 is 21.5 Å². The van der Waals surface area contributed by atoms with Crippen LogP contribution in [0.2, 0.25) is 0 Å². The lowest BCUT2D eigenvalue weighted by molar-refractivity contribution is -0.671. The minimum Gasteiger partial charge on any atom is -1.00 e. The van der Waals surface area contributed by atoms with Crippen LogP contribution in [0.25, 0.3) is 32.6 Å². The highest BCUT2D eigenvalue weighted by Crippen LogP contribution is 2.22. The average Bonchev–Trinajstić information content (AvgIpc) is 3.19. The molecule has 0 saturated heterocycles. The number of hydrogen-bond acceptors (Lipinski definition) is 1. The number of methoxy groups -OCH3 is 1. The normalized spacial score (nSPS) is 11.2. The Bertz CT molecular complexity index is 1530. The maximum Gasteiger partial charge on any atom is 0.260 e. The highest BCUT2D eigenvalue weighted by atomic mass is 79.9. The van der Waals surface area contributed by atoms with Crippen molar-refractivity contribution in [3.8, 4) is 0 Å². The zero-order valence-corrected chi connectivity index (χ0v) is 22.0. The molecule has 5 aromatic carbocycles. The summed E-state index contributed by atoms with van der Waals surface area (Å²) in [5.74, 6) is 1.29. The molecule has 0 radical (unpaired) electrons. The first-order chi connectivity index (χ1) is 17.3. The number of nitrogens with zero attached hydrogens (tertiary/aromatic N) is 2. The number of benzene rings is 5. The molecule has 0 spiro atoms. The van der Waals surface area contributed by atoms with Gasteiger partial charge in [-0.15, -0.1) is 0 Å². The van der Waals surface area contributed by atoms with E-state index in [1.165, 1.54) is 49.5 Å². The third-order valence-corrected chi connectivity index (χ3v) is 6.93. The van der Waals surface area contributed by atoms with Crippen molar-refractivity contribution in [1.29, 1.82) is 0 Å². The molecular formula is C32H29BrN2O. The molecule has 0 aliphatic carbocycles. The number of ether oxygens (including phenoxy) is 1. The fourth-order valence-corrected chi connectivity index (χ4v) is 5.20. The second-order valence-corrected chi connectivity index (χ2v) is 9.18. The summed E-state index contributed by atoms with van der Waals surface area (Å²) >= 11 is 0. The summed E-state index contributed by atoms with van der Waals surface area (Å²) in [6.07, 6.45) is 0.854. The van der Waals surface area contributed by atoms with E-state index < -0.39 is 0 Å². The van der Waals surface area contributed by atoms with Gasteiger partial charge in [0.05, 0.1) is 13.0 Å². The molecule has 0 bridgehead atoms. The SMILES string of the molecule is COCCc1n(Cc2ccc3ccccc3c2)c2ccccc2[n+]1Cc1ccc2ccccc2c1.[Br-]. The molecule has 0 amide bonds. The van der Waals surface area contributed by atoms with Crippen LogP contribution in [0.3, 0.4) is 0 Å². The van der Waals surface area contributed by atoms with Crippen LogP contribution in [0.4, 0.5) is 0 Å². The Morgan fingerprint density at radius 1 is 0.667 bits per heavy atom. The largest absolute Gasteiger partial charge is 1.00 e. The molecule has 0 N–H and O–H groups in total. The molecule has 1 heterocycles. The molecule has 0 saturated carbocycles. The number of hydrogen-bond donors (Lipinski definition) is 0. The Morgan fingerprint density at radius 2 is 1.25 bits per heavy atom. The number of rotatable bonds is 7. The van der Waals surface area contributed by atoms with Crippen LogP contribution in [0, 0.1) is 0 Å². The van der Waals surface area contributed by atoms with E-state index in [4.69, 9.17) is 4.74 Å². The second-order valence-electron chi connectivity index (χ2n) is 9.18. The lowest BCUT2D eigenvalue weighted by Crippen LogP contribution is -3.00. The Kier molecular flexibility index (Phi) is 7.17. The Labute approximate surface area is 222 Å². The van der Waals surface area contributed by atoms with Crippen molar-refractivity contribution in [1.82, 2.24) is 4.57 Å². The summed E-state index contributed by atoms with van der Waals surface area (Å²) in [7, 11) is 1.78. The van der Waals surface area contributed by atoms with Crippen molar-refractivity contribution in [3.63, 3.8) is 0 Å². The summed E-state index contributed by atoms with van der Waals surface area (Å²) in [5.41, 5.74) is 5.13. The van der Waals surface area contributed by atoms with Gasteiger partial charge in [-0.25, -0.2) is 9.13 Å². The number of fused-ring (bicyclic) bond motifs is 3. The first-order valence-electron chi connectivity index (χ1n) is 12.2. The smallest absolute Gasteiger partial charge is 0.260 e. The van der Waals surface area contributed by atoms with Gasteiger partial charge in [-0.3, -0.25) is 0 Å². The summed E-state index contributed by atoms with van der Waals surface area (Å²) < 4.78 is 10.5. The summed E-state index contributed by atoms with van der Waals surface area (Å²) in [5, 5.41) is 5.12. The monoisotopic (exact) mass is 536 g/mol. The number of imidazole rings is 1. The maximum atomic E-state index is 5.54. The maximum absolute atomic E-state index is 5.54.